The number of imidazole rings is 1. The molecule has 0 unspecified atom stereocenters. The number of hydrogen-bond acceptors (Lipinski definition) is 5. The van der Waals surface area contributed by atoms with Crippen molar-refractivity contribution >= 4 is 28.6 Å². The molecular formula is C18H20N4OS2. The van der Waals surface area contributed by atoms with Crippen LogP contribution in [-0.4, -0.2) is 38.4 Å². The van der Waals surface area contributed by atoms with Crippen LogP contribution < -0.4 is 0 Å². The molecule has 5 nitrogen and oxygen atoms in total. The molecule has 0 N–H and O–H groups in total. The summed E-state index contributed by atoms with van der Waals surface area (Å²) >= 11 is 3.25. The number of piperidine rings is 1. The van der Waals surface area contributed by atoms with Gasteiger partial charge in [0.25, 0.3) is 0 Å². The maximum atomic E-state index is 12.6. The van der Waals surface area contributed by atoms with Gasteiger partial charge in [-0.1, -0.05) is 0 Å². The minimum absolute atomic E-state index is 0.223. The molecule has 1 aliphatic rings. The van der Waals surface area contributed by atoms with E-state index >= 15 is 0 Å². The number of likely N-dealkylation sites (tertiary alicyclic amines) is 1. The van der Waals surface area contributed by atoms with Gasteiger partial charge in [0.15, 0.2) is 0 Å². The Morgan fingerprint density at radius 3 is 3.04 bits per heavy atom. The normalized spacial score (nSPS) is 17.8. The molecule has 3 aromatic heterocycles. The molecule has 4 heterocycles. The zero-order valence-corrected chi connectivity index (χ0v) is 15.5. The van der Waals surface area contributed by atoms with Crippen molar-refractivity contribution in [2.24, 2.45) is 0 Å². The second kappa shape index (κ2) is 7.49. The predicted molar refractivity (Wildman–Crippen MR) is 100 cm³/mol. The fraction of sp³-hybridized carbons (Fsp3) is 0.389. The number of carbonyl (C=O) groups is 1. The predicted octanol–water partition coefficient (Wildman–Crippen LogP) is 3.40. The largest absolute Gasteiger partial charge is 0.342 e. The van der Waals surface area contributed by atoms with Gasteiger partial charge in [-0.25, -0.2) is 9.97 Å². The van der Waals surface area contributed by atoms with Gasteiger partial charge in [-0.15, -0.1) is 11.3 Å². The Bertz CT molecular complexity index is 810. The molecule has 3 aromatic rings. The minimum Gasteiger partial charge on any atom is -0.342 e. The number of amides is 1. The van der Waals surface area contributed by atoms with Gasteiger partial charge in [-0.2, -0.15) is 11.3 Å². The number of thiophene rings is 1. The van der Waals surface area contributed by atoms with Crippen molar-refractivity contribution in [1.29, 1.82) is 0 Å². The number of carbonyl (C=O) groups excluding carboxylic acids is 1. The molecule has 1 aliphatic heterocycles. The van der Waals surface area contributed by atoms with E-state index in [1.807, 2.05) is 34.3 Å². The quantitative estimate of drug-likeness (QED) is 0.690. The third kappa shape index (κ3) is 3.82. The first kappa shape index (κ1) is 16.5. The van der Waals surface area contributed by atoms with E-state index < -0.39 is 0 Å². The van der Waals surface area contributed by atoms with E-state index in [2.05, 4.69) is 25.3 Å². The highest BCUT2D eigenvalue weighted by Gasteiger charge is 2.27. The number of aromatic nitrogens is 3. The Labute approximate surface area is 155 Å². The fourth-order valence-electron chi connectivity index (χ4n) is 3.40. The summed E-state index contributed by atoms with van der Waals surface area (Å²) < 4.78 is 2.17. The lowest BCUT2D eigenvalue weighted by Gasteiger charge is -2.32. The first-order valence-corrected chi connectivity index (χ1v) is 10.3. The van der Waals surface area contributed by atoms with Crippen LogP contribution >= 0.6 is 22.7 Å². The van der Waals surface area contributed by atoms with E-state index in [1.165, 1.54) is 0 Å². The van der Waals surface area contributed by atoms with E-state index in [4.69, 9.17) is 0 Å². The van der Waals surface area contributed by atoms with Crippen molar-refractivity contribution in [3.05, 3.63) is 57.2 Å². The molecule has 1 amide bonds. The third-order valence-electron chi connectivity index (χ3n) is 4.64. The van der Waals surface area contributed by atoms with Gasteiger partial charge in [0, 0.05) is 36.8 Å². The molecule has 1 fully saturated rings. The SMILES string of the molecule is O=C(Cc1ccsc1)N1CCC[C@@H](c2nccn2Cc2cscn2)C1. The lowest BCUT2D eigenvalue weighted by atomic mass is 9.96. The van der Waals surface area contributed by atoms with Crippen LogP contribution in [0.25, 0.3) is 0 Å². The van der Waals surface area contributed by atoms with E-state index in [0.717, 1.165) is 49.6 Å². The highest BCUT2D eigenvalue weighted by molar-refractivity contribution is 7.08. The van der Waals surface area contributed by atoms with Gasteiger partial charge in [0.05, 0.1) is 24.2 Å². The molecule has 0 aliphatic carbocycles. The fourth-order valence-corrected chi connectivity index (χ4v) is 4.62. The lowest BCUT2D eigenvalue weighted by molar-refractivity contribution is -0.131. The smallest absolute Gasteiger partial charge is 0.227 e. The standard InChI is InChI=1S/C18H20N4OS2/c23-17(8-14-3-7-24-11-14)21-5-1-2-15(9-21)18-19-4-6-22(18)10-16-12-25-13-20-16/h3-4,6-7,11-13,15H,1-2,5,8-10H2/t15-/m1/s1. The van der Waals surface area contributed by atoms with Gasteiger partial charge in [0.2, 0.25) is 5.91 Å². The van der Waals surface area contributed by atoms with Gasteiger partial charge >= 0.3 is 0 Å². The van der Waals surface area contributed by atoms with Crippen LogP contribution in [-0.2, 0) is 17.8 Å². The zero-order valence-electron chi connectivity index (χ0n) is 13.9. The van der Waals surface area contributed by atoms with Crippen LogP contribution in [0.3, 0.4) is 0 Å². The van der Waals surface area contributed by atoms with Gasteiger partial charge < -0.3 is 9.47 Å². The molecule has 1 saturated heterocycles. The average molecular weight is 373 g/mol. The van der Waals surface area contributed by atoms with Crippen molar-refractivity contribution < 1.29 is 4.79 Å². The molecule has 0 saturated carbocycles. The van der Waals surface area contributed by atoms with Crippen LogP contribution in [0.5, 0.6) is 0 Å². The zero-order chi connectivity index (χ0) is 17.1. The summed E-state index contributed by atoms with van der Waals surface area (Å²) in [6.45, 7) is 2.36. The summed E-state index contributed by atoms with van der Waals surface area (Å²) in [4.78, 5) is 23.6. The summed E-state index contributed by atoms with van der Waals surface area (Å²) in [5, 5.41) is 6.15. The molecule has 0 bridgehead atoms. The lowest BCUT2D eigenvalue weighted by Crippen LogP contribution is -2.40. The molecule has 0 aromatic carbocycles. The van der Waals surface area contributed by atoms with E-state index in [9.17, 15) is 4.79 Å². The molecule has 4 rings (SSSR count). The number of thiazole rings is 1. The van der Waals surface area contributed by atoms with E-state index in [-0.39, 0.29) is 5.91 Å². The summed E-state index contributed by atoms with van der Waals surface area (Å²) in [7, 11) is 0. The summed E-state index contributed by atoms with van der Waals surface area (Å²) in [6.07, 6.45) is 6.48. The monoisotopic (exact) mass is 372 g/mol. The maximum absolute atomic E-state index is 12.6. The second-order valence-corrected chi connectivity index (χ2v) is 7.88. The molecule has 1 atom stereocenters. The molecule has 0 radical (unpaired) electrons. The van der Waals surface area contributed by atoms with E-state index in [0.29, 0.717) is 12.3 Å². The first-order chi connectivity index (χ1) is 12.3. The topological polar surface area (TPSA) is 51.0 Å². The molecule has 130 valence electrons. The van der Waals surface area contributed by atoms with Crippen LogP contribution in [0, 0.1) is 0 Å². The molecule has 7 heteroatoms. The Hall–Kier alpha value is -1.99. The van der Waals surface area contributed by atoms with Crippen LogP contribution in [0.2, 0.25) is 0 Å². The van der Waals surface area contributed by atoms with Crippen molar-refractivity contribution in [3.8, 4) is 0 Å². The van der Waals surface area contributed by atoms with Crippen molar-refractivity contribution in [2.75, 3.05) is 13.1 Å². The van der Waals surface area contributed by atoms with Crippen molar-refractivity contribution in [1.82, 2.24) is 19.4 Å². The second-order valence-electron chi connectivity index (χ2n) is 6.38. The molecule has 0 spiro atoms. The van der Waals surface area contributed by atoms with E-state index in [1.54, 1.807) is 22.7 Å². The molecule has 25 heavy (non-hydrogen) atoms. The Morgan fingerprint density at radius 2 is 2.24 bits per heavy atom. The average Bonchev–Trinajstić information content (AvgIpc) is 3.38. The highest BCUT2D eigenvalue weighted by Crippen LogP contribution is 2.27. The highest BCUT2D eigenvalue weighted by atomic mass is 32.1. The Balaban J connectivity index is 1.44. The first-order valence-electron chi connectivity index (χ1n) is 8.46. The Morgan fingerprint density at radius 1 is 1.28 bits per heavy atom. The number of hydrogen-bond donors (Lipinski definition) is 0. The Kier molecular flexibility index (Phi) is 4.94. The molecular weight excluding hydrogens is 352 g/mol. The third-order valence-corrected chi connectivity index (χ3v) is 6.01. The summed E-state index contributed by atoms with van der Waals surface area (Å²) in [5.41, 5.74) is 4.03. The maximum Gasteiger partial charge on any atom is 0.227 e. The minimum atomic E-state index is 0.223. The van der Waals surface area contributed by atoms with Gasteiger partial charge in [0.1, 0.15) is 5.82 Å². The number of nitrogens with zero attached hydrogens (tertiary/aromatic N) is 4. The number of rotatable bonds is 5. The van der Waals surface area contributed by atoms with Gasteiger partial charge in [-0.3, -0.25) is 4.79 Å². The van der Waals surface area contributed by atoms with Crippen LogP contribution in [0.15, 0.2) is 40.1 Å². The van der Waals surface area contributed by atoms with Crippen molar-refractivity contribution in [2.45, 2.75) is 31.7 Å². The van der Waals surface area contributed by atoms with Crippen LogP contribution in [0.4, 0.5) is 0 Å². The summed E-state index contributed by atoms with van der Waals surface area (Å²) in [6, 6.07) is 2.03. The van der Waals surface area contributed by atoms with Gasteiger partial charge in [-0.05, 0) is 35.2 Å². The van der Waals surface area contributed by atoms with Crippen molar-refractivity contribution in [3.63, 3.8) is 0 Å². The summed E-state index contributed by atoms with van der Waals surface area (Å²) in [5.74, 6) is 1.59. The van der Waals surface area contributed by atoms with Crippen LogP contribution in [0.1, 0.15) is 35.8 Å².